The molecule has 0 aliphatic carbocycles. The van der Waals surface area contributed by atoms with Gasteiger partial charge in [-0.3, -0.25) is 4.79 Å². The third kappa shape index (κ3) is 4.15. The molecule has 0 aromatic heterocycles. The number of nitrogens with zero attached hydrogens (tertiary/aromatic N) is 1. The van der Waals surface area contributed by atoms with Crippen molar-refractivity contribution >= 4 is 28.8 Å². The number of carbonyl (C=O) groups is 1. The Kier molecular flexibility index (Phi) is 5.28. The fourth-order valence-corrected chi connectivity index (χ4v) is 1.62. The van der Waals surface area contributed by atoms with Crippen molar-refractivity contribution in [2.75, 3.05) is 5.32 Å². The molecule has 0 fully saturated rings. The summed E-state index contributed by atoms with van der Waals surface area (Å²) in [4.78, 5) is 12.0. The standard InChI is InChI=1S/C13H15N3OS/c1-9(2)15-12(17)11(8-14)13(18)16-10-6-4-3-5-7-10/h3-7,9,11H,1-2H3,(H,15,17)(H,16,18). The van der Waals surface area contributed by atoms with E-state index < -0.39 is 5.92 Å². The van der Waals surface area contributed by atoms with Gasteiger partial charge in [0.1, 0.15) is 4.99 Å². The highest BCUT2D eigenvalue weighted by Crippen LogP contribution is 2.09. The number of rotatable bonds is 4. The number of carbonyl (C=O) groups excluding carboxylic acids is 1. The second-order valence-electron chi connectivity index (χ2n) is 4.08. The van der Waals surface area contributed by atoms with Crippen LogP contribution in [0.25, 0.3) is 0 Å². The zero-order valence-electron chi connectivity index (χ0n) is 10.3. The summed E-state index contributed by atoms with van der Waals surface area (Å²) in [6.07, 6.45) is 0. The topological polar surface area (TPSA) is 64.9 Å². The molecule has 1 atom stereocenters. The van der Waals surface area contributed by atoms with Crippen LogP contribution in [-0.2, 0) is 4.79 Å². The van der Waals surface area contributed by atoms with Crippen LogP contribution >= 0.6 is 12.2 Å². The molecule has 0 radical (unpaired) electrons. The Labute approximate surface area is 112 Å². The zero-order valence-corrected chi connectivity index (χ0v) is 11.1. The number of amides is 1. The molecule has 5 heteroatoms. The quantitative estimate of drug-likeness (QED) is 0.815. The summed E-state index contributed by atoms with van der Waals surface area (Å²) >= 11 is 5.09. The second-order valence-corrected chi connectivity index (χ2v) is 4.52. The minimum Gasteiger partial charge on any atom is -0.352 e. The number of benzene rings is 1. The Hall–Kier alpha value is -1.93. The summed E-state index contributed by atoms with van der Waals surface area (Å²) < 4.78 is 0. The third-order valence-electron chi connectivity index (χ3n) is 2.13. The van der Waals surface area contributed by atoms with E-state index in [1.54, 1.807) is 0 Å². The molecule has 1 unspecified atom stereocenters. The van der Waals surface area contributed by atoms with Crippen molar-refractivity contribution in [3.8, 4) is 6.07 Å². The molecule has 0 saturated heterocycles. The number of nitriles is 1. The molecule has 0 heterocycles. The van der Waals surface area contributed by atoms with Gasteiger partial charge < -0.3 is 10.6 Å². The molecule has 1 amide bonds. The highest BCUT2D eigenvalue weighted by Gasteiger charge is 2.23. The first-order chi connectivity index (χ1) is 8.54. The van der Waals surface area contributed by atoms with Crippen LogP contribution in [0, 0.1) is 17.2 Å². The molecule has 0 aliphatic rings. The monoisotopic (exact) mass is 261 g/mol. The Balaban J connectivity index is 2.69. The van der Waals surface area contributed by atoms with Gasteiger partial charge in [0.05, 0.1) is 6.07 Å². The van der Waals surface area contributed by atoms with Gasteiger partial charge in [0.15, 0.2) is 5.92 Å². The molecule has 0 spiro atoms. The third-order valence-corrected chi connectivity index (χ3v) is 2.46. The lowest BCUT2D eigenvalue weighted by atomic mass is 10.1. The van der Waals surface area contributed by atoms with Crippen LogP contribution in [0.15, 0.2) is 30.3 Å². The van der Waals surface area contributed by atoms with E-state index in [0.717, 1.165) is 5.69 Å². The van der Waals surface area contributed by atoms with Crippen molar-refractivity contribution in [1.82, 2.24) is 5.32 Å². The average molecular weight is 261 g/mol. The van der Waals surface area contributed by atoms with E-state index in [1.807, 2.05) is 50.2 Å². The molecule has 0 aliphatic heterocycles. The number of thiocarbonyl (C=S) groups is 1. The lowest BCUT2D eigenvalue weighted by molar-refractivity contribution is -0.122. The Morgan fingerprint density at radius 2 is 1.94 bits per heavy atom. The van der Waals surface area contributed by atoms with Crippen LogP contribution in [-0.4, -0.2) is 16.9 Å². The van der Waals surface area contributed by atoms with E-state index in [2.05, 4.69) is 10.6 Å². The van der Waals surface area contributed by atoms with Crippen molar-refractivity contribution in [3.05, 3.63) is 30.3 Å². The van der Waals surface area contributed by atoms with Crippen LogP contribution in [0.1, 0.15) is 13.8 Å². The maximum atomic E-state index is 11.8. The highest BCUT2D eigenvalue weighted by molar-refractivity contribution is 7.80. The van der Waals surface area contributed by atoms with Gasteiger partial charge >= 0.3 is 0 Å². The number of anilines is 1. The molecular weight excluding hydrogens is 246 g/mol. The smallest absolute Gasteiger partial charge is 0.244 e. The maximum absolute atomic E-state index is 11.8. The van der Waals surface area contributed by atoms with Gasteiger partial charge in [-0.15, -0.1) is 0 Å². The first kappa shape index (κ1) is 14.1. The predicted octanol–water partition coefficient (Wildman–Crippen LogP) is 2.09. The molecule has 94 valence electrons. The SMILES string of the molecule is CC(C)NC(=O)C(C#N)C(=S)Nc1ccccc1. The summed E-state index contributed by atoms with van der Waals surface area (Å²) in [5, 5.41) is 14.6. The van der Waals surface area contributed by atoms with Crippen LogP contribution < -0.4 is 10.6 Å². The first-order valence-corrected chi connectivity index (χ1v) is 6.01. The summed E-state index contributed by atoms with van der Waals surface area (Å²) in [5.74, 6) is -1.34. The lowest BCUT2D eigenvalue weighted by Crippen LogP contribution is -2.39. The van der Waals surface area contributed by atoms with Crippen LogP contribution in [0.3, 0.4) is 0 Å². The number of hydrogen-bond acceptors (Lipinski definition) is 3. The minimum absolute atomic E-state index is 0.0205. The zero-order chi connectivity index (χ0) is 13.5. The molecule has 0 bridgehead atoms. The molecule has 4 nitrogen and oxygen atoms in total. The molecular formula is C13H15N3OS. The Morgan fingerprint density at radius 3 is 2.44 bits per heavy atom. The molecule has 1 aromatic rings. The van der Waals surface area contributed by atoms with E-state index in [1.165, 1.54) is 0 Å². The fourth-order valence-electron chi connectivity index (χ4n) is 1.34. The maximum Gasteiger partial charge on any atom is 0.244 e. The molecule has 0 saturated carbocycles. The van der Waals surface area contributed by atoms with Crippen LogP contribution in [0.5, 0.6) is 0 Å². The van der Waals surface area contributed by atoms with Crippen molar-refractivity contribution < 1.29 is 4.79 Å². The second kappa shape index (κ2) is 6.72. The Morgan fingerprint density at radius 1 is 1.33 bits per heavy atom. The molecule has 18 heavy (non-hydrogen) atoms. The van der Waals surface area contributed by atoms with Crippen molar-refractivity contribution in [1.29, 1.82) is 5.26 Å². The highest BCUT2D eigenvalue weighted by atomic mass is 32.1. The van der Waals surface area contributed by atoms with E-state index >= 15 is 0 Å². The summed E-state index contributed by atoms with van der Waals surface area (Å²) in [5.41, 5.74) is 0.764. The fraction of sp³-hybridized carbons (Fsp3) is 0.308. The number of para-hydroxylation sites is 1. The van der Waals surface area contributed by atoms with Crippen molar-refractivity contribution in [3.63, 3.8) is 0 Å². The number of nitrogens with one attached hydrogen (secondary N) is 2. The predicted molar refractivity (Wildman–Crippen MR) is 75.0 cm³/mol. The van der Waals surface area contributed by atoms with Crippen LogP contribution in [0.4, 0.5) is 5.69 Å². The van der Waals surface area contributed by atoms with Crippen LogP contribution in [0.2, 0.25) is 0 Å². The van der Waals surface area contributed by atoms with Gasteiger partial charge in [-0.2, -0.15) is 5.26 Å². The Bertz CT molecular complexity index is 465. The number of hydrogen-bond donors (Lipinski definition) is 2. The minimum atomic E-state index is -0.970. The van der Waals surface area contributed by atoms with Gasteiger partial charge in [-0.25, -0.2) is 0 Å². The van der Waals surface area contributed by atoms with Crippen molar-refractivity contribution in [2.24, 2.45) is 5.92 Å². The van der Waals surface area contributed by atoms with Gasteiger partial charge in [-0.05, 0) is 26.0 Å². The molecule has 2 N–H and O–H groups in total. The van der Waals surface area contributed by atoms with Gasteiger partial charge in [0, 0.05) is 11.7 Å². The average Bonchev–Trinajstić information content (AvgIpc) is 2.30. The largest absolute Gasteiger partial charge is 0.352 e. The van der Waals surface area contributed by atoms with Gasteiger partial charge in [0.2, 0.25) is 5.91 Å². The molecule has 1 rings (SSSR count). The summed E-state index contributed by atoms with van der Waals surface area (Å²) in [6, 6.07) is 11.1. The normalized spacial score (nSPS) is 11.4. The molecule has 1 aromatic carbocycles. The van der Waals surface area contributed by atoms with Gasteiger partial charge in [-0.1, -0.05) is 30.4 Å². The van der Waals surface area contributed by atoms with E-state index in [0.29, 0.717) is 0 Å². The summed E-state index contributed by atoms with van der Waals surface area (Å²) in [7, 11) is 0. The van der Waals surface area contributed by atoms with E-state index in [4.69, 9.17) is 17.5 Å². The van der Waals surface area contributed by atoms with E-state index in [-0.39, 0.29) is 16.9 Å². The van der Waals surface area contributed by atoms with Gasteiger partial charge in [0.25, 0.3) is 0 Å². The first-order valence-electron chi connectivity index (χ1n) is 5.60. The van der Waals surface area contributed by atoms with Crippen molar-refractivity contribution in [2.45, 2.75) is 19.9 Å². The van der Waals surface area contributed by atoms with E-state index in [9.17, 15) is 4.79 Å². The lowest BCUT2D eigenvalue weighted by Gasteiger charge is -2.15. The summed E-state index contributed by atoms with van der Waals surface area (Å²) in [6.45, 7) is 3.67.